The molecule has 1 N–H and O–H groups in total. The van der Waals surface area contributed by atoms with Gasteiger partial charge in [-0.1, -0.05) is 30.3 Å². The molecule has 0 radical (unpaired) electrons. The van der Waals surface area contributed by atoms with Gasteiger partial charge in [-0.25, -0.2) is 4.98 Å². The third kappa shape index (κ3) is 4.38. The second-order valence-corrected chi connectivity index (χ2v) is 4.65. The molecule has 5 heteroatoms. The first kappa shape index (κ1) is 14.6. The van der Waals surface area contributed by atoms with Crippen LogP contribution < -0.4 is 10.1 Å². The van der Waals surface area contributed by atoms with Crippen molar-refractivity contribution in [3.8, 4) is 5.88 Å². The van der Waals surface area contributed by atoms with E-state index < -0.39 is 0 Å². The normalized spacial score (nSPS) is 11.9. The molecule has 1 heterocycles. The highest BCUT2D eigenvalue weighted by Crippen LogP contribution is 2.12. The van der Waals surface area contributed by atoms with E-state index >= 15 is 0 Å². The van der Waals surface area contributed by atoms with Crippen LogP contribution in [0, 0.1) is 0 Å². The number of halogens is 1. The molecule has 1 aromatic heterocycles. The Hall–Kier alpha value is -1.81. The number of alkyl halides is 1. The van der Waals surface area contributed by atoms with Crippen molar-refractivity contribution in [1.82, 2.24) is 9.97 Å². The summed E-state index contributed by atoms with van der Waals surface area (Å²) in [6, 6.07) is 12.0. The maximum Gasteiger partial charge on any atom is 0.226 e. The first-order chi connectivity index (χ1) is 9.81. The van der Waals surface area contributed by atoms with E-state index in [9.17, 15) is 0 Å². The van der Waals surface area contributed by atoms with E-state index in [0.29, 0.717) is 24.3 Å². The highest BCUT2D eigenvalue weighted by Gasteiger charge is 2.10. The molecule has 20 heavy (non-hydrogen) atoms. The summed E-state index contributed by atoms with van der Waals surface area (Å²) in [6.07, 6.45) is 2.50. The van der Waals surface area contributed by atoms with Gasteiger partial charge in [0.05, 0.1) is 6.61 Å². The van der Waals surface area contributed by atoms with Gasteiger partial charge in [-0.3, -0.25) is 0 Å². The SMILES string of the molecule is CCOc1ccnc(NC(CCl)Cc2ccccc2)n1. The minimum atomic E-state index is 0.0796. The summed E-state index contributed by atoms with van der Waals surface area (Å²) in [5.74, 6) is 1.59. The number of nitrogens with zero attached hydrogens (tertiary/aromatic N) is 2. The van der Waals surface area contributed by atoms with Gasteiger partial charge in [0.2, 0.25) is 11.8 Å². The van der Waals surface area contributed by atoms with Crippen molar-refractivity contribution < 1.29 is 4.74 Å². The quantitative estimate of drug-likeness (QED) is 0.796. The smallest absolute Gasteiger partial charge is 0.226 e. The van der Waals surface area contributed by atoms with Crippen molar-refractivity contribution in [3.05, 3.63) is 48.2 Å². The predicted octanol–water partition coefficient (Wildman–Crippen LogP) is 3.14. The Kier molecular flexibility index (Phi) is 5.62. The van der Waals surface area contributed by atoms with Crippen molar-refractivity contribution in [3.63, 3.8) is 0 Å². The Bertz CT molecular complexity index is 522. The molecule has 0 saturated heterocycles. The summed E-state index contributed by atoms with van der Waals surface area (Å²) in [6.45, 7) is 2.51. The van der Waals surface area contributed by atoms with E-state index in [4.69, 9.17) is 16.3 Å². The summed E-state index contributed by atoms with van der Waals surface area (Å²) < 4.78 is 5.36. The van der Waals surface area contributed by atoms with E-state index in [1.54, 1.807) is 12.3 Å². The molecule has 2 aromatic rings. The lowest BCUT2D eigenvalue weighted by molar-refractivity contribution is 0.326. The summed E-state index contributed by atoms with van der Waals surface area (Å²) in [7, 11) is 0. The van der Waals surface area contributed by atoms with Gasteiger partial charge >= 0.3 is 0 Å². The topological polar surface area (TPSA) is 47.0 Å². The molecule has 0 aliphatic rings. The average molecular weight is 292 g/mol. The minimum Gasteiger partial charge on any atom is -0.478 e. The second kappa shape index (κ2) is 7.70. The molecule has 2 rings (SSSR count). The van der Waals surface area contributed by atoms with Crippen LogP contribution in [-0.2, 0) is 6.42 Å². The number of hydrogen-bond donors (Lipinski definition) is 1. The standard InChI is InChI=1S/C15H18ClN3O/c1-2-20-14-8-9-17-15(19-14)18-13(11-16)10-12-6-4-3-5-7-12/h3-9,13H,2,10-11H2,1H3,(H,17,18,19). The molecule has 106 valence electrons. The number of anilines is 1. The van der Waals surface area contributed by atoms with Gasteiger partial charge in [0, 0.05) is 24.2 Å². The van der Waals surface area contributed by atoms with Crippen LogP contribution in [0.4, 0.5) is 5.95 Å². The molecule has 0 amide bonds. The van der Waals surface area contributed by atoms with E-state index in [1.165, 1.54) is 5.56 Å². The van der Waals surface area contributed by atoms with Crippen molar-refractivity contribution in [2.24, 2.45) is 0 Å². The number of benzene rings is 1. The lowest BCUT2D eigenvalue weighted by atomic mass is 10.1. The monoisotopic (exact) mass is 291 g/mol. The number of rotatable bonds is 7. The van der Waals surface area contributed by atoms with E-state index in [1.807, 2.05) is 25.1 Å². The van der Waals surface area contributed by atoms with Crippen LogP contribution in [-0.4, -0.2) is 28.5 Å². The Labute approximate surface area is 124 Å². The Morgan fingerprint density at radius 3 is 2.75 bits per heavy atom. The zero-order chi connectivity index (χ0) is 14.2. The Morgan fingerprint density at radius 1 is 1.25 bits per heavy atom. The lowest BCUT2D eigenvalue weighted by Gasteiger charge is -2.16. The number of aromatic nitrogens is 2. The summed E-state index contributed by atoms with van der Waals surface area (Å²) >= 11 is 6.02. The molecule has 1 unspecified atom stereocenters. The number of ether oxygens (including phenoxy) is 1. The predicted molar refractivity (Wildman–Crippen MR) is 81.5 cm³/mol. The number of hydrogen-bond acceptors (Lipinski definition) is 4. The van der Waals surface area contributed by atoms with Crippen molar-refractivity contribution in [1.29, 1.82) is 0 Å². The van der Waals surface area contributed by atoms with Gasteiger partial charge in [0.25, 0.3) is 0 Å². The second-order valence-electron chi connectivity index (χ2n) is 4.34. The zero-order valence-electron chi connectivity index (χ0n) is 11.4. The first-order valence-corrected chi connectivity index (χ1v) is 7.17. The zero-order valence-corrected chi connectivity index (χ0v) is 12.2. The molecule has 0 fully saturated rings. The summed E-state index contributed by atoms with van der Waals surface area (Å²) in [4.78, 5) is 8.48. The van der Waals surface area contributed by atoms with Crippen molar-refractivity contribution in [2.75, 3.05) is 17.8 Å². The van der Waals surface area contributed by atoms with Gasteiger partial charge < -0.3 is 10.1 Å². The van der Waals surface area contributed by atoms with E-state index in [-0.39, 0.29) is 6.04 Å². The van der Waals surface area contributed by atoms with Crippen LogP contribution in [0.1, 0.15) is 12.5 Å². The van der Waals surface area contributed by atoms with Crippen LogP contribution in [0.15, 0.2) is 42.6 Å². The highest BCUT2D eigenvalue weighted by atomic mass is 35.5. The molecule has 0 bridgehead atoms. The highest BCUT2D eigenvalue weighted by molar-refractivity contribution is 6.18. The fourth-order valence-electron chi connectivity index (χ4n) is 1.87. The van der Waals surface area contributed by atoms with Crippen LogP contribution in [0.5, 0.6) is 5.88 Å². The van der Waals surface area contributed by atoms with Gasteiger partial charge in [-0.15, -0.1) is 11.6 Å². The van der Waals surface area contributed by atoms with Gasteiger partial charge in [0.15, 0.2) is 0 Å². The van der Waals surface area contributed by atoms with Crippen molar-refractivity contribution >= 4 is 17.5 Å². The van der Waals surface area contributed by atoms with Crippen LogP contribution >= 0.6 is 11.6 Å². The number of nitrogens with one attached hydrogen (secondary N) is 1. The van der Waals surface area contributed by atoms with E-state index in [2.05, 4.69) is 27.4 Å². The Balaban J connectivity index is 2.00. The molecule has 0 spiro atoms. The molecule has 1 atom stereocenters. The fourth-order valence-corrected chi connectivity index (χ4v) is 2.05. The molecular weight excluding hydrogens is 274 g/mol. The van der Waals surface area contributed by atoms with E-state index in [0.717, 1.165) is 6.42 Å². The average Bonchev–Trinajstić information content (AvgIpc) is 2.48. The molecule has 4 nitrogen and oxygen atoms in total. The van der Waals surface area contributed by atoms with Gasteiger partial charge in [0.1, 0.15) is 0 Å². The summed E-state index contributed by atoms with van der Waals surface area (Å²) in [5.41, 5.74) is 1.23. The fraction of sp³-hybridized carbons (Fsp3) is 0.333. The van der Waals surface area contributed by atoms with Crippen LogP contribution in [0.3, 0.4) is 0 Å². The van der Waals surface area contributed by atoms with Crippen LogP contribution in [0.2, 0.25) is 0 Å². The maximum absolute atomic E-state index is 6.02. The third-order valence-corrected chi connectivity index (χ3v) is 3.14. The largest absolute Gasteiger partial charge is 0.478 e. The minimum absolute atomic E-state index is 0.0796. The molecule has 0 aliphatic heterocycles. The molecular formula is C15H18ClN3O. The van der Waals surface area contributed by atoms with Crippen molar-refractivity contribution in [2.45, 2.75) is 19.4 Å². The Morgan fingerprint density at radius 2 is 2.05 bits per heavy atom. The van der Waals surface area contributed by atoms with Crippen LogP contribution in [0.25, 0.3) is 0 Å². The molecule has 0 aliphatic carbocycles. The first-order valence-electron chi connectivity index (χ1n) is 6.64. The third-order valence-electron chi connectivity index (χ3n) is 2.77. The van der Waals surface area contributed by atoms with Gasteiger partial charge in [-0.2, -0.15) is 4.98 Å². The molecule has 0 saturated carbocycles. The molecule has 1 aromatic carbocycles. The van der Waals surface area contributed by atoms with Gasteiger partial charge in [-0.05, 0) is 18.9 Å². The maximum atomic E-state index is 6.02. The summed E-state index contributed by atoms with van der Waals surface area (Å²) in [5, 5.41) is 3.24. The lowest BCUT2D eigenvalue weighted by Crippen LogP contribution is -2.25.